The molecule has 3 aromatic rings. The van der Waals surface area contributed by atoms with Crippen LogP contribution in [0.1, 0.15) is 37.4 Å². The van der Waals surface area contributed by atoms with E-state index < -0.39 is 12.1 Å². The predicted molar refractivity (Wildman–Crippen MR) is 135 cm³/mol. The van der Waals surface area contributed by atoms with Crippen LogP contribution in [-0.4, -0.2) is 53.8 Å². The van der Waals surface area contributed by atoms with E-state index in [2.05, 4.69) is 9.97 Å². The van der Waals surface area contributed by atoms with Crippen molar-refractivity contribution >= 4 is 5.97 Å². The van der Waals surface area contributed by atoms with Gasteiger partial charge in [0.2, 0.25) is 0 Å². The first-order valence-corrected chi connectivity index (χ1v) is 12.4. The minimum absolute atomic E-state index is 0.00707. The molecule has 1 aliphatic heterocycles. The van der Waals surface area contributed by atoms with Gasteiger partial charge in [0.05, 0.1) is 31.6 Å². The number of para-hydroxylation sites is 1. The summed E-state index contributed by atoms with van der Waals surface area (Å²) in [4.78, 5) is 21.1. The van der Waals surface area contributed by atoms with Crippen LogP contribution in [0, 0.1) is 0 Å². The Kier molecular flexibility index (Phi) is 9.29. The minimum atomic E-state index is -1.33. The Bertz CT molecular complexity index is 1180. The number of hydrogen-bond acceptors (Lipinski definition) is 9. The molecular weight excluding hydrogens is 476 g/mol. The molecule has 2 heterocycles. The fourth-order valence-electron chi connectivity index (χ4n) is 4.00. The number of nitrogens with zero attached hydrogens (tertiary/aromatic N) is 2. The van der Waals surface area contributed by atoms with Crippen molar-refractivity contribution in [3.63, 3.8) is 0 Å². The average molecular weight is 509 g/mol. The number of esters is 1. The summed E-state index contributed by atoms with van der Waals surface area (Å²) in [5, 5.41) is 10.4. The van der Waals surface area contributed by atoms with Crippen LogP contribution in [0.5, 0.6) is 17.2 Å². The van der Waals surface area contributed by atoms with Gasteiger partial charge in [-0.25, -0.2) is 14.8 Å². The molecule has 2 atom stereocenters. The number of ether oxygens (including phenoxy) is 5. The first kappa shape index (κ1) is 26.4. The Labute approximate surface area is 216 Å². The van der Waals surface area contributed by atoms with E-state index >= 15 is 0 Å². The number of hydrogen-bond donors (Lipinski definition) is 1. The highest BCUT2D eigenvalue weighted by atomic mass is 16.7. The number of carbonyl (C=O) groups excluding carboxylic acids is 1. The lowest BCUT2D eigenvalue weighted by molar-refractivity contribution is -0.152. The van der Waals surface area contributed by atoms with Crippen LogP contribution in [0.15, 0.2) is 54.7 Å². The maximum atomic E-state index is 12.1. The monoisotopic (exact) mass is 508 g/mol. The molecule has 1 N–H and O–H groups in total. The van der Waals surface area contributed by atoms with Gasteiger partial charge >= 0.3 is 5.97 Å². The molecule has 1 aromatic heterocycles. The van der Waals surface area contributed by atoms with E-state index in [1.807, 2.05) is 24.3 Å². The van der Waals surface area contributed by atoms with Crippen LogP contribution in [0.25, 0.3) is 11.4 Å². The smallest absolute Gasteiger partial charge is 0.335 e. The number of benzene rings is 2. The zero-order valence-corrected chi connectivity index (χ0v) is 21.1. The molecule has 1 fully saturated rings. The van der Waals surface area contributed by atoms with Gasteiger partial charge in [0.25, 0.3) is 0 Å². The van der Waals surface area contributed by atoms with Gasteiger partial charge in [-0.3, -0.25) is 0 Å². The van der Waals surface area contributed by atoms with Gasteiger partial charge in [-0.1, -0.05) is 12.1 Å². The number of rotatable bonds is 11. The van der Waals surface area contributed by atoms with Crippen LogP contribution >= 0.6 is 0 Å². The fraction of sp³-hybridized carbons (Fsp3) is 0.393. The van der Waals surface area contributed by atoms with Crippen molar-refractivity contribution in [2.75, 3.05) is 20.3 Å². The zero-order chi connectivity index (χ0) is 26.0. The van der Waals surface area contributed by atoms with E-state index in [4.69, 9.17) is 23.7 Å². The van der Waals surface area contributed by atoms with E-state index in [1.54, 1.807) is 44.5 Å². The number of aliphatic hydroxyl groups is 1. The summed E-state index contributed by atoms with van der Waals surface area (Å²) < 4.78 is 28.1. The summed E-state index contributed by atoms with van der Waals surface area (Å²) in [6, 6.07) is 14.6. The van der Waals surface area contributed by atoms with E-state index in [1.165, 1.54) is 0 Å². The fourth-order valence-corrected chi connectivity index (χ4v) is 4.00. The Balaban J connectivity index is 1.52. The second kappa shape index (κ2) is 13.0. The van der Waals surface area contributed by atoms with Gasteiger partial charge in [0.15, 0.2) is 18.2 Å². The molecule has 9 nitrogen and oxygen atoms in total. The van der Waals surface area contributed by atoms with Crippen molar-refractivity contribution in [2.45, 2.75) is 51.6 Å². The topological polar surface area (TPSA) is 109 Å². The van der Waals surface area contributed by atoms with Crippen LogP contribution in [-0.2, 0) is 27.3 Å². The van der Waals surface area contributed by atoms with E-state index in [-0.39, 0.29) is 25.9 Å². The van der Waals surface area contributed by atoms with Crippen molar-refractivity contribution in [3.05, 3.63) is 66.0 Å². The van der Waals surface area contributed by atoms with Crippen LogP contribution in [0.4, 0.5) is 0 Å². The van der Waals surface area contributed by atoms with Crippen LogP contribution in [0.2, 0.25) is 0 Å². The molecule has 1 saturated heterocycles. The lowest BCUT2D eigenvalue weighted by atomic mass is 10.1. The lowest BCUT2D eigenvalue weighted by Crippen LogP contribution is -2.26. The third-order valence-electron chi connectivity index (χ3n) is 5.85. The van der Waals surface area contributed by atoms with E-state index in [0.717, 1.165) is 24.8 Å². The SMILES string of the molecule is CCOC(=O)C(O)Cc1cc(OC2CCCCO2)ccc1OCc1ccnc(-c2ccccc2OC)n1. The standard InChI is InChI=1S/C28H32N2O7/c1-3-34-28(32)23(31)17-19-16-21(37-26-10-6-7-15-35-26)11-12-24(19)36-18-20-13-14-29-27(30-20)22-8-4-5-9-25(22)33-2/h4-5,8-9,11-14,16,23,26,31H,3,6-7,10,15,17-18H2,1-2H3. The number of aromatic nitrogens is 2. The normalized spacial score (nSPS) is 16.0. The molecule has 0 spiro atoms. The molecule has 9 heteroatoms. The van der Waals surface area contributed by atoms with Crippen molar-refractivity contribution in [1.82, 2.24) is 9.97 Å². The highest BCUT2D eigenvalue weighted by Gasteiger charge is 2.21. The molecular formula is C28H32N2O7. The molecule has 0 aliphatic carbocycles. The summed E-state index contributed by atoms with van der Waals surface area (Å²) in [6.45, 7) is 2.69. The second-order valence-corrected chi connectivity index (χ2v) is 8.52. The molecule has 2 aromatic carbocycles. The van der Waals surface area contributed by atoms with Crippen molar-refractivity contribution < 1.29 is 33.6 Å². The molecule has 0 amide bonds. The Hall–Kier alpha value is -3.69. The second-order valence-electron chi connectivity index (χ2n) is 8.52. The molecule has 0 bridgehead atoms. The van der Waals surface area contributed by atoms with E-state index in [9.17, 15) is 9.90 Å². The first-order chi connectivity index (χ1) is 18.1. The molecule has 0 saturated carbocycles. The van der Waals surface area contributed by atoms with Crippen LogP contribution < -0.4 is 14.2 Å². The number of carbonyl (C=O) groups is 1. The van der Waals surface area contributed by atoms with Crippen molar-refractivity contribution in [1.29, 1.82) is 0 Å². The maximum Gasteiger partial charge on any atom is 0.335 e. The first-order valence-electron chi connectivity index (χ1n) is 12.4. The molecule has 37 heavy (non-hydrogen) atoms. The summed E-state index contributed by atoms with van der Waals surface area (Å²) >= 11 is 0. The number of aliphatic hydroxyl groups excluding tert-OH is 1. The third kappa shape index (κ3) is 7.18. The number of methoxy groups -OCH3 is 1. The highest BCUT2D eigenvalue weighted by molar-refractivity contribution is 5.75. The van der Waals surface area contributed by atoms with Gasteiger partial charge < -0.3 is 28.8 Å². The summed E-state index contributed by atoms with van der Waals surface area (Å²) in [6.07, 6.45) is 2.88. The predicted octanol–water partition coefficient (Wildman–Crippen LogP) is 4.10. The summed E-state index contributed by atoms with van der Waals surface area (Å²) in [7, 11) is 1.60. The Morgan fingerprint density at radius 3 is 2.81 bits per heavy atom. The van der Waals surface area contributed by atoms with Gasteiger partial charge in [0, 0.05) is 24.6 Å². The van der Waals surface area contributed by atoms with Gasteiger partial charge in [-0.2, -0.15) is 0 Å². The minimum Gasteiger partial charge on any atom is -0.496 e. The summed E-state index contributed by atoms with van der Waals surface area (Å²) in [5.74, 6) is 1.58. The highest BCUT2D eigenvalue weighted by Crippen LogP contribution is 2.30. The molecule has 1 aliphatic rings. The average Bonchev–Trinajstić information content (AvgIpc) is 2.93. The van der Waals surface area contributed by atoms with Crippen LogP contribution in [0.3, 0.4) is 0 Å². The summed E-state index contributed by atoms with van der Waals surface area (Å²) in [5.41, 5.74) is 2.04. The van der Waals surface area contributed by atoms with Crippen molar-refractivity contribution in [2.24, 2.45) is 0 Å². The Morgan fingerprint density at radius 2 is 2.03 bits per heavy atom. The largest absolute Gasteiger partial charge is 0.496 e. The van der Waals surface area contributed by atoms with Gasteiger partial charge in [-0.05, 0) is 56.2 Å². The van der Waals surface area contributed by atoms with Gasteiger partial charge in [-0.15, -0.1) is 0 Å². The zero-order valence-electron chi connectivity index (χ0n) is 21.1. The quantitative estimate of drug-likeness (QED) is 0.383. The van der Waals surface area contributed by atoms with Crippen molar-refractivity contribution in [3.8, 4) is 28.6 Å². The molecule has 2 unspecified atom stereocenters. The van der Waals surface area contributed by atoms with Gasteiger partial charge in [0.1, 0.15) is 23.9 Å². The Morgan fingerprint density at radius 1 is 1.16 bits per heavy atom. The third-order valence-corrected chi connectivity index (χ3v) is 5.85. The van der Waals surface area contributed by atoms with E-state index in [0.29, 0.717) is 40.9 Å². The molecule has 196 valence electrons. The lowest BCUT2D eigenvalue weighted by Gasteiger charge is -2.24. The molecule has 4 rings (SSSR count). The molecule has 0 radical (unpaired) electrons. The maximum absolute atomic E-state index is 12.1.